The fourth-order valence-corrected chi connectivity index (χ4v) is 2.15. The molecule has 0 N–H and O–H groups in total. The molecule has 1 heteroatoms. The van der Waals surface area contributed by atoms with E-state index < -0.39 is 0 Å². The Balaban J connectivity index is 0.000000200. The lowest BCUT2D eigenvalue weighted by Crippen LogP contribution is -2.00. The Morgan fingerprint density at radius 1 is 1.25 bits per heavy atom. The fourth-order valence-electron chi connectivity index (χ4n) is 2.15. The van der Waals surface area contributed by atoms with Crippen molar-refractivity contribution in [3.8, 4) is 11.8 Å². The van der Waals surface area contributed by atoms with Gasteiger partial charge in [-0.3, -0.25) is 0 Å². The van der Waals surface area contributed by atoms with E-state index in [2.05, 4.69) is 56.9 Å². The first-order valence-electron chi connectivity index (χ1n) is 6.98. The maximum Gasteiger partial charge on any atom is 0.117 e. The van der Waals surface area contributed by atoms with E-state index in [1.807, 2.05) is 19.1 Å². The molecule has 1 nitrogen and oxygen atoms in total. The summed E-state index contributed by atoms with van der Waals surface area (Å²) in [7, 11) is 1.72. The van der Waals surface area contributed by atoms with Crippen molar-refractivity contribution in [3.63, 3.8) is 0 Å². The fraction of sp³-hybridized carbons (Fsp3) is 0.368. The zero-order valence-electron chi connectivity index (χ0n) is 13.2. The van der Waals surface area contributed by atoms with Crippen LogP contribution in [0.1, 0.15) is 38.3 Å². The minimum Gasteiger partial charge on any atom is -0.497 e. The first-order chi connectivity index (χ1) is 9.56. The Morgan fingerprint density at radius 2 is 2.00 bits per heavy atom. The predicted octanol–water partition coefficient (Wildman–Crippen LogP) is 4.87. The molecule has 0 heterocycles. The summed E-state index contributed by atoms with van der Waals surface area (Å²) >= 11 is 0. The van der Waals surface area contributed by atoms with Crippen LogP contribution in [0, 0.1) is 24.7 Å². The van der Waals surface area contributed by atoms with E-state index in [4.69, 9.17) is 4.74 Å². The molecule has 1 aromatic rings. The number of hydrogen-bond donors (Lipinski definition) is 0. The Morgan fingerprint density at radius 3 is 2.55 bits per heavy atom. The third-order valence-electron chi connectivity index (χ3n) is 3.13. The molecular weight excluding hydrogens is 244 g/mol. The third kappa shape index (κ3) is 5.36. The summed E-state index contributed by atoms with van der Waals surface area (Å²) in [6, 6.07) is 8.19. The van der Waals surface area contributed by atoms with Crippen molar-refractivity contribution < 1.29 is 4.74 Å². The molecule has 20 heavy (non-hydrogen) atoms. The molecular formula is C19H24O. The van der Waals surface area contributed by atoms with Crippen molar-refractivity contribution in [1.82, 2.24) is 0 Å². The second-order valence-electron chi connectivity index (χ2n) is 5.13. The molecule has 2 rings (SSSR count). The molecule has 106 valence electrons. The molecule has 0 aliphatic heterocycles. The van der Waals surface area contributed by atoms with Gasteiger partial charge in [-0.05, 0) is 62.5 Å². The third-order valence-corrected chi connectivity index (χ3v) is 3.13. The van der Waals surface area contributed by atoms with Crippen LogP contribution < -0.4 is 0 Å². The van der Waals surface area contributed by atoms with Crippen LogP contribution in [0.15, 0.2) is 47.7 Å². The summed E-state index contributed by atoms with van der Waals surface area (Å²) < 4.78 is 5.14. The molecule has 0 aromatic heterocycles. The molecule has 0 spiro atoms. The topological polar surface area (TPSA) is 9.23 Å². The van der Waals surface area contributed by atoms with Crippen LogP contribution in [0.3, 0.4) is 0 Å². The molecule has 1 aliphatic carbocycles. The molecule has 0 bridgehead atoms. The van der Waals surface area contributed by atoms with Crippen LogP contribution in [-0.2, 0) is 4.74 Å². The number of benzene rings is 1. The van der Waals surface area contributed by atoms with Crippen molar-refractivity contribution in [2.45, 2.75) is 34.1 Å². The van der Waals surface area contributed by atoms with Crippen molar-refractivity contribution in [1.29, 1.82) is 0 Å². The van der Waals surface area contributed by atoms with Crippen LogP contribution in [0.25, 0.3) is 0 Å². The van der Waals surface area contributed by atoms with Crippen molar-refractivity contribution in [2.24, 2.45) is 5.92 Å². The van der Waals surface area contributed by atoms with Gasteiger partial charge in [0, 0.05) is 5.56 Å². The highest BCUT2D eigenvalue weighted by molar-refractivity contribution is 5.36. The summed E-state index contributed by atoms with van der Waals surface area (Å²) in [5, 5.41) is 0. The van der Waals surface area contributed by atoms with E-state index in [0.29, 0.717) is 5.92 Å². The van der Waals surface area contributed by atoms with Gasteiger partial charge < -0.3 is 4.74 Å². The van der Waals surface area contributed by atoms with E-state index in [1.165, 1.54) is 11.1 Å². The van der Waals surface area contributed by atoms with Gasteiger partial charge in [0.05, 0.1) is 7.11 Å². The van der Waals surface area contributed by atoms with Crippen LogP contribution in [-0.4, -0.2) is 7.11 Å². The summed E-state index contributed by atoms with van der Waals surface area (Å²) in [6.45, 7) is 8.26. The Kier molecular flexibility index (Phi) is 6.67. The highest BCUT2D eigenvalue weighted by Crippen LogP contribution is 2.22. The normalized spacial score (nSPS) is 16.8. The van der Waals surface area contributed by atoms with Gasteiger partial charge in [-0.15, -0.1) is 5.92 Å². The minimum atomic E-state index is 0.680. The van der Waals surface area contributed by atoms with Crippen LogP contribution in [0.2, 0.25) is 0 Å². The highest BCUT2D eigenvalue weighted by Gasteiger charge is 2.08. The Labute approximate surface area is 123 Å². The summed E-state index contributed by atoms with van der Waals surface area (Å²) in [5.74, 6) is 7.58. The molecule has 0 radical (unpaired) electrons. The molecule has 0 saturated carbocycles. The summed E-state index contributed by atoms with van der Waals surface area (Å²) in [6.07, 6.45) is 5.38. The number of allylic oxidation sites excluding steroid dienone is 3. The second kappa shape index (κ2) is 8.27. The van der Waals surface area contributed by atoms with Crippen LogP contribution in [0.5, 0.6) is 0 Å². The number of rotatable bonds is 1. The predicted molar refractivity (Wildman–Crippen MR) is 86.4 cm³/mol. The number of ether oxygens (including phenoxy) is 1. The lowest BCUT2D eigenvalue weighted by Gasteiger charge is -2.15. The van der Waals surface area contributed by atoms with Gasteiger partial charge in [-0.1, -0.05) is 31.1 Å². The summed E-state index contributed by atoms with van der Waals surface area (Å²) in [5.41, 5.74) is 3.72. The van der Waals surface area contributed by atoms with E-state index >= 15 is 0 Å². The molecule has 1 aliphatic rings. The number of aryl methyl sites for hydroxylation is 1. The van der Waals surface area contributed by atoms with Gasteiger partial charge in [0.15, 0.2) is 0 Å². The Hall–Kier alpha value is -1.94. The number of hydrogen-bond acceptors (Lipinski definition) is 1. The SMILES string of the molecule is CC#Cc1cccc(C)c1.COC1=C(C)CC(C)C=C1. The van der Waals surface area contributed by atoms with Crippen molar-refractivity contribution in [2.75, 3.05) is 7.11 Å². The zero-order chi connectivity index (χ0) is 15.0. The van der Waals surface area contributed by atoms with Gasteiger partial charge in [-0.2, -0.15) is 0 Å². The minimum absolute atomic E-state index is 0.680. The van der Waals surface area contributed by atoms with Gasteiger partial charge in [0.1, 0.15) is 5.76 Å². The molecule has 1 atom stereocenters. The van der Waals surface area contributed by atoms with Gasteiger partial charge in [-0.25, -0.2) is 0 Å². The Bertz CT molecular complexity index is 553. The molecule has 1 aromatic carbocycles. The first kappa shape index (κ1) is 16.1. The van der Waals surface area contributed by atoms with Gasteiger partial charge >= 0.3 is 0 Å². The average molecular weight is 268 g/mol. The first-order valence-corrected chi connectivity index (χ1v) is 6.98. The molecule has 0 saturated heterocycles. The maximum absolute atomic E-state index is 5.14. The number of methoxy groups -OCH3 is 1. The lowest BCUT2D eigenvalue weighted by molar-refractivity contribution is 0.297. The van der Waals surface area contributed by atoms with E-state index in [1.54, 1.807) is 7.11 Å². The maximum atomic E-state index is 5.14. The summed E-state index contributed by atoms with van der Waals surface area (Å²) in [4.78, 5) is 0. The lowest BCUT2D eigenvalue weighted by atomic mass is 9.96. The zero-order valence-corrected chi connectivity index (χ0v) is 13.2. The second-order valence-corrected chi connectivity index (χ2v) is 5.13. The standard InChI is InChI=1S/C10H10.C9H14O/c1-3-5-10-7-4-6-9(2)8-10;1-7-4-5-9(10-3)8(2)6-7/h4,6-8H,1-2H3;4-5,7H,6H2,1-3H3. The molecule has 0 fully saturated rings. The van der Waals surface area contributed by atoms with Crippen LogP contribution >= 0.6 is 0 Å². The van der Waals surface area contributed by atoms with Gasteiger partial charge in [0.25, 0.3) is 0 Å². The smallest absolute Gasteiger partial charge is 0.117 e. The molecule has 0 amide bonds. The largest absolute Gasteiger partial charge is 0.497 e. The van der Waals surface area contributed by atoms with Crippen molar-refractivity contribution >= 4 is 0 Å². The highest BCUT2D eigenvalue weighted by atomic mass is 16.5. The van der Waals surface area contributed by atoms with E-state index in [0.717, 1.165) is 17.7 Å². The van der Waals surface area contributed by atoms with Crippen LogP contribution in [0.4, 0.5) is 0 Å². The monoisotopic (exact) mass is 268 g/mol. The van der Waals surface area contributed by atoms with E-state index in [-0.39, 0.29) is 0 Å². The van der Waals surface area contributed by atoms with Gasteiger partial charge in [0.2, 0.25) is 0 Å². The average Bonchev–Trinajstić information content (AvgIpc) is 2.40. The quantitative estimate of drug-likeness (QED) is 0.660. The van der Waals surface area contributed by atoms with Crippen molar-refractivity contribution in [3.05, 3.63) is 58.9 Å². The molecule has 1 unspecified atom stereocenters. The van der Waals surface area contributed by atoms with E-state index in [9.17, 15) is 0 Å².